The predicted octanol–water partition coefficient (Wildman–Crippen LogP) is 3.79. The Balaban J connectivity index is 3.14. The van der Waals surface area contributed by atoms with Crippen LogP contribution < -0.4 is 0 Å². The molecule has 0 heterocycles. The fourth-order valence-electron chi connectivity index (χ4n) is 1.57. The smallest absolute Gasteiger partial charge is 0.223 e. The van der Waals surface area contributed by atoms with Gasteiger partial charge in [-0.3, -0.25) is 9.59 Å². The first-order valence-corrected chi connectivity index (χ1v) is 9.24. The summed E-state index contributed by atoms with van der Waals surface area (Å²) in [4.78, 5) is 24.8. The van der Waals surface area contributed by atoms with E-state index in [0.717, 1.165) is 5.56 Å². The van der Waals surface area contributed by atoms with Crippen molar-refractivity contribution >= 4 is 19.3 Å². The van der Waals surface area contributed by atoms with Gasteiger partial charge in [0.05, 0.1) is 0 Å². The monoisotopic (exact) mass is 262 g/mol. The number of Topliss-reactive ketones (excluding diaryl/α,β-unsaturated/α-hetero) is 1. The van der Waals surface area contributed by atoms with Crippen molar-refractivity contribution in [3.63, 3.8) is 0 Å². The molecule has 1 rings (SSSR count). The van der Waals surface area contributed by atoms with Gasteiger partial charge in [0.25, 0.3) is 0 Å². The van der Waals surface area contributed by atoms with Crippen molar-refractivity contribution < 1.29 is 9.59 Å². The molecule has 0 bridgehead atoms. The van der Waals surface area contributed by atoms with Crippen LogP contribution in [0, 0.1) is 6.92 Å². The zero-order valence-corrected chi connectivity index (χ0v) is 13.1. The number of hydrogen-bond acceptors (Lipinski definition) is 2. The van der Waals surface area contributed by atoms with Crippen LogP contribution in [0.4, 0.5) is 0 Å². The van der Waals surface area contributed by atoms with Gasteiger partial charge in [-0.15, -0.1) is 0 Å². The van der Waals surface area contributed by atoms with Crippen LogP contribution in [0.25, 0.3) is 0 Å². The van der Waals surface area contributed by atoms with Gasteiger partial charge in [-0.05, 0) is 17.5 Å². The molecule has 0 saturated carbocycles. The van der Waals surface area contributed by atoms with E-state index >= 15 is 0 Å². The van der Waals surface area contributed by atoms with E-state index in [4.69, 9.17) is 0 Å². The van der Waals surface area contributed by atoms with Crippen molar-refractivity contribution in [1.29, 1.82) is 0 Å². The quantitative estimate of drug-likeness (QED) is 0.472. The van der Waals surface area contributed by atoms with E-state index in [-0.39, 0.29) is 16.2 Å². The standard InChI is InChI=1S/C15H22O2Si/c1-11-9-7-8-10-12(11)13(16)14(17)18(5,6)15(2,3)4/h7-10H,1-6H3. The van der Waals surface area contributed by atoms with Gasteiger partial charge in [-0.1, -0.05) is 58.1 Å². The molecule has 98 valence electrons. The number of aryl methyl sites for hydroxylation is 1. The normalized spacial score (nSPS) is 12.3. The first-order valence-electron chi connectivity index (χ1n) is 6.24. The molecule has 1 aromatic carbocycles. The van der Waals surface area contributed by atoms with E-state index in [1.807, 2.05) is 52.9 Å². The Morgan fingerprint density at radius 3 is 2.00 bits per heavy atom. The van der Waals surface area contributed by atoms with E-state index in [1.54, 1.807) is 12.1 Å². The minimum atomic E-state index is -2.27. The van der Waals surface area contributed by atoms with Crippen LogP contribution in [-0.2, 0) is 4.79 Å². The maximum Gasteiger partial charge on any atom is 0.223 e. The zero-order valence-electron chi connectivity index (χ0n) is 12.1. The van der Waals surface area contributed by atoms with Crippen LogP contribution in [0.2, 0.25) is 18.1 Å². The van der Waals surface area contributed by atoms with Gasteiger partial charge in [0.2, 0.25) is 5.78 Å². The minimum absolute atomic E-state index is 0.109. The maximum atomic E-state index is 12.5. The highest BCUT2D eigenvalue weighted by Crippen LogP contribution is 2.37. The first kappa shape index (κ1) is 14.8. The summed E-state index contributed by atoms with van der Waals surface area (Å²) in [5.74, 6) is -0.320. The van der Waals surface area contributed by atoms with Crippen molar-refractivity contribution in [2.45, 2.75) is 45.8 Å². The molecule has 3 heteroatoms. The lowest BCUT2D eigenvalue weighted by molar-refractivity contribution is -0.109. The Kier molecular flexibility index (Phi) is 3.96. The van der Waals surface area contributed by atoms with Crippen molar-refractivity contribution in [3.8, 4) is 0 Å². The summed E-state index contributed by atoms with van der Waals surface area (Å²) < 4.78 is 0. The van der Waals surface area contributed by atoms with E-state index in [9.17, 15) is 9.59 Å². The lowest BCUT2D eigenvalue weighted by Gasteiger charge is -2.34. The largest absolute Gasteiger partial charge is 0.296 e. The lowest BCUT2D eigenvalue weighted by atomic mass is 10.1. The van der Waals surface area contributed by atoms with Gasteiger partial charge in [0, 0.05) is 5.56 Å². The van der Waals surface area contributed by atoms with E-state index in [0.29, 0.717) is 5.56 Å². The molecule has 0 atom stereocenters. The van der Waals surface area contributed by atoms with Gasteiger partial charge in [-0.25, -0.2) is 0 Å². The van der Waals surface area contributed by atoms with Gasteiger partial charge in [0.15, 0.2) is 5.41 Å². The summed E-state index contributed by atoms with van der Waals surface area (Å²) in [5, 5.41) is -0.285. The van der Waals surface area contributed by atoms with E-state index in [1.165, 1.54) is 0 Å². The highest BCUT2D eigenvalue weighted by Gasteiger charge is 2.45. The maximum absolute atomic E-state index is 12.5. The molecular weight excluding hydrogens is 240 g/mol. The second-order valence-corrected chi connectivity index (χ2v) is 11.6. The third kappa shape index (κ3) is 2.61. The zero-order chi connectivity index (χ0) is 14.1. The minimum Gasteiger partial charge on any atom is -0.296 e. The lowest BCUT2D eigenvalue weighted by Crippen LogP contribution is -2.49. The molecule has 0 radical (unpaired) electrons. The molecule has 0 spiro atoms. The molecule has 0 amide bonds. The highest BCUT2D eigenvalue weighted by molar-refractivity contribution is 7.14. The fraction of sp³-hybridized carbons (Fsp3) is 0.467. The van der Waals surface area contributed by atoms with Crippen LogP contribution in [-0.4, -0.2) is 19.3 Å². The van der Waals surface area contributed by atoms with Crippen LogP contribution in [0.1, 0.15) is 36.7 Å². The molecule has 18 heavy (non-hydrogen) atoms. The third-order valence-electron chi connectivity index (χ3n) is 4.04. The number of hydrogen-bond donors (Lipinski definition) is 0. The van der Waals surface area contributed by atoms with Gasteiger partial charge in [0.1, 0.15) is 8.07 Å². The summed E-state index contributed by atoms with van der Waals surface area (Å²) in [5.41, 5.74) is 1.42. The number of carbonyl (C=O) groups excluding carboxylic acids is 2. The predicted molar refractivity (Wildman–Crippen MR) is 77.7 cm³/mol. The molecule has 1 aromatic rings. The number of benzene rings is 1. The van der Waals surface area contributed by atoms with Crippen LogP contribution in [0.5, 0.6) is 0 Å². The second kappa shape index (κ2) is 4.80. The summed E-state index contributed by atoms with van der Waals surface area (Å²) in [6.45, 7) is 12.0. The molecule has 0 N–H and O–H groups in total. The molecule has 0 aliphatic carbocycles. The molecule has 0 saturated heterocycles. The van der Waals surface area contributed by atoms with Crippen molar-refractivity contribution in [3.05, 3.63) is 35.4 Å². The molecular formula is C15H22O2Si. The Morgan fingerprint density at radius 1 is 1.06 bits per heavy atom. The van der Waals surface area contributed by atoms with Crippen molar-refractivity contribution in [2.24, 2.45) is 0 Å². The molecule has 2 nitrogen and oxygen atoms in total. The SMILES string of the molecule is Cc1ccccc1C(=O)C(=O)[Si](C)(C)C(C)(C)C. The first-order chi connectivity index (χ1) is 8.09. The average molecular weight is 262 g/mol. The van der Waals surface area contributed by atoms with Gasteiger partial charge >= 0.3 is 0 Å². The number of ketones is 1. The summed E-state index contributed by atoms with van der Waals surface area (Å²) in [7, 11) is -2.27. The molecule has 0 unspecified atom stereocenters. The van der Waals surface area contributed by atoms with Crippen LogP contribution >= 0.6 is 0 Å². The molecule has 0 aliphatic rings. The van der Waals surface area contributed by atoms with Crippen molar-refractivity contribution in [2.75, 3.05) is 0 Å². The van der Waals surface area contributed by atoms with E-state index in [2.05, 4.69) is 0 Å². The van der Waals surface area contributed by atoms with Crippen LogP contribution in [0.15, 0.2) is 24.3 Å². The summed E-state index contributed by atoms with van der Waals surface area (Å²) >= 11 is 0. The van der Waals surface area contributed by atoms with Crippen LogP contribution in [0.3, 0.4) is 0 Å². The average Bonchev–Trinajstić information content (AvgIpc) is 2.26. The Hall–Kier alpha value is -1.22. The summed E-state index contributed by atoms with van der Waals surface area (Å²) in [6.07, 6.45) is 0. The second-order valence-electron chi connectivity index (χ2n) is 6.35. The van der Waals surface area contributed by atoms with Gasteiger partial charge < -0.3 is 0 Å². The molecule has 0 fully saturated rings. The van der Waals surface area contributed by atoms with E-state index < -0.39 is 8.07 Å². The Bertz CT molecular complexity index is 482. The van der Waals surface area contributed by atoms with Gasteiger partial charge in [-0.2, -0.15) is 0 Å². The number of rotatable bonds is 3. The Labute approximate surface area is 110 Å². The Morgan fingerprint density at radius 2 is 1.56 bits per heavy atom. The molecule has 0 aliphatic heterocycles. The molecule has 0 aromatic heterocycles. The summed E-state index contributed by atoms with van der Waals surface area (Å²) in [6, 6.07) is 7.29. The van der Waals surface area contributed by atoms with Crippen molar-refractivity contribution in [1.82, 2.24) is 0 Å². The highest BCUT2D eigenvalue weighted by atomic mass is 28.3. The topological polar surface area (TPSA) is 34.1 Å². The third-order valence-corrected chi connectivity index (χ3v) is 9.15. The fourth-order valence-corrected chi connectivity index (χ4v) is 2.96. The number of carbonyl (C=O) groups is 2.